The summed E-state index contributed by atoms with van der Waals surface area (Å²) in [7, 11) is 1.88. The highest BCUT2D eigenvalue weighted by molar-refractivity contribution is 5.97. The van der Waals surface area contributed by atoms with Crippen LogP contribution in [0.1, 0.15) is 18.4 Å². The third-order valence-electron chi connectivity index (χ3n) is 4.69. The molecule has 0 bridgehead atoms. The van der Waals surface area contributed by atoms with Gasteiger partial charge in [-0.25, -0.2) is 0 Å². The van der Waals surface area contributed by atoms with Gasteiger partial charge in [0.1, 0.15) is 0 Å². The molecular formula is C16H19N5O. The Kier molecular flexibility index (Phi) is 3.18. The maximum atomic E-state index is 12.4. The van der Waals surface area contributed by atoms with E-state index in [-0.39, 0.29) is 11.9 Å². The normalized spacial score (nSPS) is 25.0. The van der Waals surface area contributed by atoms with Crippen LogP contribution in [-0.2, 0) is 18.4 Å². The van der Waals surface area contributed by atoms with E-state index in [0.29, 0.717) is 12.5 Å². The summed E-state index contributed by atoms with van der Waals surface area (Å²) in [6, 6.07) is 4.63. The Hall–Kier alpha value is -2.21. The first-order valence-electron chi connectivity index (χ1n) is 7.66. The van der Waals surface area contributed by atoms with Gasteiger partial charge >= 0.3 is 0 Å². The van der Waals surface area contributed by atoms with Crippen LogP contribution in [0.15, 0.2) is 36.9 Å². The van der Waals surface area contributed by atoms with Crippen molar-refractivity contribution < 1.29 is 4.79 Å². The summed E-state index contributed by atoms with van der Waals surface area (Å²) in [5.74, 6) is 0.207. The second kappa shape index (κ2) is 5.21. The number of aryl methyl sites for hydroxylation is 1. The van der Waals surface area contributed by atoms with Gasteiger partial charge in [-0.3, -0.25) is 19.4 Å². The molecule has 0 N–H and O–H groups in total. The largest absolute Gasteiger partial charge is 0.305 e. The lowest BCUT2D eigenvalue weighted by Crippen LogP contribution is -2.37. The number of hydrogen-bond acceptors (Lipinski definition) is 4. The van der Waals surface area contributed by atoms with Gasteiger partial charge in [-0.15, -0.1) is 0 Å². The van der Waals surface area contributed by atoms with Crippen molar-refractivity contribution in [1.82, 2.24) is 19.7 Å². The number of fused-ring (bicyclic) bond motifs is 1. The van der Waals surface area contributed by atoms with Crippen LogP contribution in [0.25, 0.3) is 0 Å². The summed E-state index contributed by atoms with van der Waals surface area (Å²) in [5.41, 5.74) is 2.12. The Bertz CT molecular complexity index is 683. The number of anilines is 1. The Morgan fingerprint density at radius 1 is 1.32 bits per heavy atom. The van der Waals surface area contributed by atoms with Crippen LogP contribution in [0.2, 0.25) is 0 Å². The average molecular weight is 297 g/mol. The summed E-state index contributed by atoms with van der Waals surface area (Å²) < 4.78 is 1.75. The van der Waals surface area contributed by atoms with Crippen LogP contribution < -0.4 is 4.90 Å². The van der Waals surface area contributed by atoms with E-state index in [9.17, 15) is 4.79 Å². The Labute approximate surface area is 129 Å². The van der Waals surface area contributed by atoms with Gasteiger partial charge in [0, 0.05) is 51.2 Å². The lowest BCUT2D eigenvalue weighted by Gasteiger charge is -2.24. The second-order valence-corrected chi connectivity index (χ2v) is 6.10. The van der Waals surface area contributed by atoms with Crippen LogP contribution >= 0.6 is 0 Å². The molecule has 4 heterocycles. The first kappa shape index (κ1) is 13.5. The second-order valence-electron chi connectivity index (χ2n) is 6.10. The van der Waals surface area contributed by atoms with Gasteiger partial charge in [0.15, 0.2) is 0 Å². The highest BCUT2D eigenvalue weighted by Gasteiger charge is 2.47. The molecule has 2 aliphatic heterocycles. The third kappa shape index (κ3) is 2.20. The zero-order valence-electron chi connectivity index (χ0n) is 12.6. The van der Waals surface area contributed by atoms with Crippen molar-refractivity contribution in [3.05, 3.63) is 42.5 Å². The van der Waals surface area contributed by atoms with E-state index in [4.69, 9.17) is 0 Å². The molecule has 2 atom stereocenters. The molecule has 22 heavy (non-hydrogen) atoms. The topological polar surface area (TPSA) is 54.3 Å². The fraction of sp³-hybridized carbons (Fsp3) is 0.438. The minimum Gasteiger partial charge on any atom is -0.305 e. The van der Waals surface area contributed by atoms with Crippen molar-refractivity contribution in [3.63, 3.8) is 0 Å². The summed E-state index contributed by atoms with van der Waals surface area (Å²) in [4.78, 5) is 21.0. The number of rotatable bonds is 3. The van der Waals surface area contributed by atoms with Crippen LogP contribution in [0, 0.1) is 0 Å². The Morgan fingerprint density at radius 3 is 2.95 bits per heavy atom. The summed E-state index contributed by atoms with van der Waals surface area (Å²) >= 11 is 0. The molecule has 0 unspecified atom stereocenters. The third-order valence-corrected chi connectivity index (χ3v) is 4.69. The molecule has 2 aromatic rings. The van der Waals surface area contributed by atoms with Crippen molar-refractivity contribution in [2.45, 2.75) is 31.5 Å². The maximum Gasteiger partial charge on any atom is 0.229 e. The van der Waals surface area contributed by atoms with Crippen molar-refractivity contribution in [3.8, 4) is 0 Å². The molecule has 0 radical (unpaired) electrons. The van der Waals surface area contributed by atoms with E-state index < -0.39 is 0 Å². The molecule has 6 heteroatoms. The van der Waals surface area contributed by atoms with Crippen LogP contribution in [0.4, 0.5) is 5.69 Å². The first-order valence-corrected chi connectivity index (χ1v) is 7.66. The van der Waals surface area contributed by atoms with Crippen molar-refractivity contribution in [2.75, 3.05) is 11.4 Å². The van der Waals surface area contributed by atoms with Crippen LogP contribution in [0.5, 0.6) is 0 Å². The van der Waals surface area contributed by atoms with Gasteiger partial charge < -0.3 is 4.90 Å². The van der Waals surface area contributed by atoms with Gasteiger partial charge in [0.2, 0.25) is 5.91 Å². The minimum absolute atomic E-state index is 0.207. The quantitative estimate of drug-likeness (QED) is 0.854. The highest BCUT2D eigenvalue weighted by Crippen LogP contribution is 2.36. The smallest absolute Gasteiger partial charge is 0.229 e. The van der Waals surface area contributed by atoms with Gasteiger partial charge in [0.05, 0.1) is 17.9 Å². The van der Waals surface area contributed by atoms with Crippen molar-refractivity contribution in [2.24, 2.45) is 7.05 Å². The molecule has 0 aromatic carbocycles. The van der Waals surface area contributed by atoms with Gasteiger partial charge in [-0.05, 0) is 18.1 Å². The molecule has 6 nitrogen and oxygen atoms in total. The SMILES string of the molecule is Cn1cc(N2C(=O)C[C@@H]3[C@@H]2CCN3Cc2cccnc2)cn1. The van der Waals surface area contributed by atoms with Gasteiger partial charge in [0.25, 0.3) is 0 Å². The van der Waals surface area contributed by atoms with E-state index in [0.717, 1.165) is 25.2 Å². The van der Waals surface area contributed by atoms with E-state index in [2.05, 4.69) is 21.0 Å². The molecule has 0 spiro atoms. The zero-order valence-corrected chi connectivity index (χ0v) is 12.6. The van der Waals surface area contributed by atoms with Crippen LogP contribution in [-0.4, -0.2) is 44.2 Å². The van der Waals surface area contributed by atoms with E-state index in [1.54, 1.807) is 17.1 Å². The van der Waals surface area contributed by atoms with E-state index in [1.165, 1.54) is 5.56 Å². The van der Waals surface area contributed by atoms with Crippen molar-refractivity contribution in [1.29, 1.82) is 0 Å². The molecule has 0 aliphatic carbocycles. The number of nitrogens with zero attached hydrogens (tertiary/aromatic N) is 5. The van der Waals surface area contributed by atoms with E-state index >= 15 is 0 Å². The predicted molar refractivity (Wildman–Crippen MR) is 82.2 cm³/mol. The molecule has 2 aliphatic rings. The number of likely N-dealkylation sites (tertiary alicyclic amines) is 1. The summed E-state index contributed by atoms with van der Waals surface area (Å²) in [5, 5.41) is 4.20. The first-order chi connectivity index (χ1) is 10.7. The predicted octanol–water partition coefficient (Wildman–Crippen LogP) is 1.19. The van der Waals surface area contributed by atoms with Crippen LogP contribution in [0.3, 0.4) is 0 Å². The number of pyridine rings is 1. The number of carbonyl (C=O) groups excluding carboxylic acids is 1. The summed E-state index contributed by atoms with van der Waals surface area (Å²) in [6.45, 7) is 1.89. The number of hydrogen-bond donors (Lipinski definition) is 0. The zero-order chi connectivity index (χ0) is 15.1. The molecule has 1 amide bonds. The Balaban J connectivity index is 1.54. The Morgan fingerprint density at radius 2 is 2.23 bits per heavy atom. The number of aromatic nitrogens is 3. The highest BCUT2D eigenvalue weighted by atomic mass is 16.2. The van der Waals surface area contributed by atoms with E-state index in [1.807, 2.05) is 30.4 Å². The van der Waals surface area contributed by atoms with Gasteiger partial charge in [-0.1, -0.05) is 6.07 Å². The number of amides is 1. The average Bonchev–Trinajstić information content (AvgIpc) is 3.17. The molecule has 2 saturated heterocycles. The lowest BCUT2D eigenvalue weighted by molar-refractivity contribution is -0.117. The maximum absolute atomic E-state index is 12.4. The molecule has 2 aromatic heterocycles. The lowest BCUT2D eigenvalue weighted by atomic mass is 10.1. The number of carbonyl (C=O) groups is 1. The minimum atomic E-state index is 0.207. The monoisotopic (exact) mass is 297 g/mol. The molecule has 2 fully saturated rings. The van der Waals surface area contributed by atoms with Gasteiger partial charge in [-0.2, -0.15) is 5.10 Å². The fourth-order valence-electron chi connectivity index (χ4n) is 3.72. The molecule has 114 valence electrons. The van der Waals surface area contributed by atoms with Crippen molar-refractivity contribution >= 4 is 11.6 Å². The fourth-order valence-corrected chi connectivity index (χ4v) is 3.72. The molecule has 4 rings (SSSR count). The molecular weight excluding hydrogens is 278 g/mol. The standard InChI is InChI=1S/C16H19N5O/c1-19-11-13(9-18-19)21-14-4-6-20(15(14)7-16(21)22)10-12-3-2-5-17-8-12/h2-3,5,8-9,11,14-15H,4,6-7,10H2,1H3/t14-,15+/m0/s1. The summed E-state index contributed by atoms with van der Waals surface area (Å²) in [6.07, 6.45) is 9.02. The molecule has 0 saturated carbocycles.